The summed E-state index contributed by atoms with van der Waals surface area (Å²) in [4.78, 5) is 31.8. The number of benzene rings is 1. The summed E-state index contributed by atoms with van der Waals surface area (Å²) in [6.45, 7) is 11.4. The van der Waals surface area contributed by atoms with Crippen molar-refractivity contribution < 1.29 is 14.3 Å². The molecule has 4 atom stereocenters. The average molecular weight is 452 g/mol. The molecular weight excluding hydrogens is 414 g/mol. The van der Waals surface area contributed by atoms with Gasteiger partial charge in [0.2, 0.25) is 5.91 Å². The number of nitrogens with zero attached hydrogens (tertiary/aromatic N) is 3. The number of ether oxygens (including phenoxy) is 1. The summed E-state index contributed by atoms with van der Waals surface area (Å²) >= 11 is 0. The highest BCUT2D eigenvalue weighted by molar-refractivity contribution is 5.96. The van der Waals surface area contributed by atoms with Crippen molar-refractivity contribution in [1.29, 1.82) is 0 Å². The molecule has 2 spiro atoms. The fraction of sp³-hybridized carbons (Fsp3) is 0.704. The van der Waals surface area contributed by atoms with Crippen molar-refractivity contribution in [3.63, 3.8) is 0 Å². The molecule has 0 N–H and O–H groups in total. The first-order valence-corrected chi connectivity index (χ1v) is 12.9. The van der Waals surface area contributed by atoms with E-state index in [9.17, 15) is 9.59 Å². The van der Waals surface area contributed by atoms with Gasteiger partial charge in [-0.15, -0.1) is 0 Å². The predicted octanol–water partition coefficient (Wildman–Crippen LogP) is 4.16. The van der Waals surface area contributed by atoms with Crippen LogP contribution in [0, 0.1) is 19.8 Å². The van der Waals surface area contributed by atoms with Crippen molar-refractivity contribution in [2.45, 2.75) is 89.3 Å². The number of piperidine rings is 2. The SMILES string of the molecule is CCOC(=O)N1C2CCC3CC(N4CCC5(CC4)CN(C(C)=O)c4c(C)cc(C)cc45)CC321. The minimum atomic E-state index is -0.0944. The topological polar surface area (TPSA) is 52.9 Å². The summed E-state index contributed by atoms with van der Waals surface area (Å²) in [6, 6.07) is 5.53. The molecule has 1 aromatic carbocycles. The van der Waals surface area contributed by atoms with Crippen LogP contribution in [0.25, 0.3) is 0 Å². The molecule has 0 aromatic heterocycles. The van der Waals surface area contributed by atoms with E-state index in [-0.39, 0.29) is 23.0 Å². The molecule has 1 aromatic rings. The van der Waals surface area contributed by atoms with Crippen molar-refractivity contribution in [3.8, 4) is 0 Å². The van der Waals surface area contributed by atoms with E-state index in [1.165, 1.54) is 35.2 Å². The Morgan fingerprint density at radius 1 is 1.15 bits per heavy atom. The largest absolute Gasteiger partial charge is 0.450 e. The van der Waals surface area contributed by atoms with Crippen LogP contribution in [0.15, 0.2) is 12.1 Å². The number of likely N-dealkylation sites (tertiary alicyclic amines) is 2. The summed E-state index contributed by atoms with van der Waals surface area (Å²) in [5.74, 6) is 0.794. The predicted molar refractivity (Wildman–Crippen MR) is 128 cm³/mol. The van der Waals surface area contributed by atoms with Crippen molar-refractivity contribution in [3.05, 3.63) is 28.8 Å². The highest BCUT2D eigenvalue weighted by Gasteiger charge is 2.75. The molecule has 4 fully saturated rings. The van der Waals surface area contributed by atoms with Gasteiger partial charge in [-0.3, -0.25) is 9.69 Å². The summed E-state index contributed by atoms with van der Waals surface area (Å²) < 4.78 is 5.37. The molecule has 2 saturated heterocycles. The molecule has 0 radical (unpaired) electrons. The van der Waals surface area contributed by atoms with Gasteiger partial charge in [0.1, 0.15) is 0 Å². The third kappa shape index (κ3) is 2.88. The summed E-state index contributed by atoms with van der Waals surface area (Å²) in [7, 11) is 0. The normalized spacial score (nSPS) is 33.8. The lowest BCUT2D eigenvalue weighted by Crippen LogP contribution is -2.48. The second-order valence-corrected chi connectivity index (χ2v) is 11.3. The second-order valence-electron chi connectivity index (χ2n) is 11.3. The molecule has 6 heteroatoms. The van der Waals surface area contributed by atoms with Crippen LogP contribution < -0.4 is 4.90 Å². The Bertz CT molecular complexity index is 1010. The fourth-order valence-electron chi connectivity index (χ4n) is 8.35. The van der Waals surface area contributed by atoms with E-state index in [4.69, 9.17) is 4.74 Å². The third-order valence-corrected chi connectivity index (χ3v) is 9.75. The third-order valence-electron chi connectivity index (χ3n) is 9.75. The highest BCUT2D eigenvalue weighted by Crippen LogP contribution is 2.65. The Morgan fingerprint density at radius 2 is 1.91 bits per heavy atom. The number of fused-ring (bicyclic) bond motifs is 2. The molecule has 2 aliphatic carbocycles. The van der Waals surface area contributed by atoms with Gasteiger partial charge in [-0.05, 0) is 89.4 Å². The van der Waals surface area contributed by atoms with Crippen LogP contribution in [0.3, 0.4) is 0 Å². The van der Waals surface area contributed by atoms with Crippen molar-refractivity contribution in [2.75, 3.05) is 31.1 Å². The van der Waals surface area contributed by atoms with Gasteiger partial charge in [-0.1, -0.05) is 17.7 Å². The lowest BCUT2D eigenvalue weighted by molar-refractivity contribution is -0.116. The Labute approximate surface area is 197 Å². The number of carbonyl (C=O) groups is 2. The molecule has 2 saturated carbocycles. The van der Waals surface area contributed by atoms with Crippen LogP contribution >= 0.6 is 0 Å². The van der Waals surface area contributed by atoms with Crippen LogP contribution in [0.5, 0.6) is 0 Å². The van der Waals surface area contributed by atoms with Gasteiger partial charge in [0.25, 0.3) is 0 Å². The highest BCUT2D eigenvalue weighted by atomic mass is 16.6. The van der Waals surface area contributed by atoms with Crippen molar-refractivity contribution in [2.24, 2.45) is 5.92 Å². The van der Waals surface area contributed by atoms with Gasteiger partial charge in [-0.25, -0.2) is 4.79 Å². The zero-order valence-electron chi connectivity index (χ0n) is 20.5. The van der Waals surface area contributed by atoms with Gasteiger partial charge in [0.15, 0.2) is 0 Å². The summed E-state index contributed by atoms with van der Waals surface area (Å²) in [5, 5.41) is 0. The van der Waals surface area contributed by atoms with Crippen LogP contribution in [-0.4, -0.2) is 65.7 Å². The molecule has 6 rings (SSSR count). The molecule has 6 nitrogen and oxygen atoms in total. The van der Waals surface area contributed by atoms with E-state index in [0.717, 1.165) is 45.3 Å². The minimum absolute atomic E-state index is 0.0835. The van der Waals surface area contributed by atoms with E-state index in [1.54, 1.807) is 6.92 Å². The maximum Gasteiger partial charge on any atom is 0.410 e. The van der Waals surface area contributed by atoms with Crippen LogP contribution in [0.2, 0.25) is 0 Å². The number of anilines is 1. The summed E-state index contributed by atoms with van der Waals surface area (Å²) in [5.41, 5.74) is 5.25. The second kappa shape index (κ2) is 7.21. The van der Waals surface area contributed by atoms with E-state index in [1.807, 2.05) is 11.8 Å². The maximum atomic E-state index is 12.5. The molecule has 178 valence electrons. The maximum absolute atomic E-state index is 12.5. The molecule has 3 heterocycles. The first-order valence-electron chi connectivity index (χ1n) is 12.9. The number of hydrogen-bond acceptors (Lipinski definition) is 4. The van der Waals surface area contributed by atoms with Crippen LogP contribution in [-0.2, 0) is 14.9 Å². The average Bonchev–Trinajstić information content (AvgIpc) is 3.03. The van der Waals surface area contributed by atoms with E-state index in [2.05, 4.69) is 35.8 Å². The molecule has 0 bridgehead atoms. The number of rotatable bonds is 2. The van der Waals surface area contributed by atoms with Crippen LogP contribution in [0.4, 0.5) is 10.5 Å². The Hall–Kier alpha value is -2.08. The Balaban J connectivity index is 1.19. The summed E-state index contributed by atoms with van der Waals surface area (Å²) in [6.07, 6.45) is 6.85. The Morgan fingerprint density at radius 3 is 2.61 bits per heavy atom. The molecule has 4 unspecified atom stereocenters. The minimum Gasteiger partial charge on any atom is -0.450 e. The van der Waals surface area contributed by atoms with E-state index >= 15 is 0 Å². The van der Waals surface area contributed by atoms with E-state index < -0.39 is 0 Å². The van der Waals surface area contributed by atoms with Gasteiger partial charge in [-0.2, -0.15) is 0 Å². The monoisotopic (exact) mass is 451 g/mol. The zero-order chi connectivity index (χ0) is 23.1. The van der Waals surface area contributed by atoms with Crippen LogP contribution in [0.1, 0.15) is 69.1 Å². The molecule has 5 aliphatic rings. The van der Waals surface area contributed by atoms with Crippen molar-refractivity contribution in [1.82, 2.24) is 9.80 Å². The van der Waals surface area contributed by atoms with E-state index in [0.29, 0.717) is 24.6 Å². The first-order chi connectivity index (χ1) is 15.8. The lowest BCUT2D eigenvalue weighted by atomic mass is 9.73. The van der Waals surface area contributed by atoms with Gasteiger partial charge in [0.05, 0.1) is 23.9 Å². The van der Waals surface area contributed by atoms with Gasteiger partial charge in [0, 0.05) is 24.9 Å². The lowest BCUT2D eigenvalue weighted by Gasteiger charge is -2.42. The number of amides is 2. The molecule has 3 aliphatic heterocycles. The molecule has 33 heavy (non-hydrogen) atoms. The fourth-order valence-corrected chi connectivity index (χ4v) is 8.35. The quantitative estimate of drug-likeness (QED) is 0.634. The molecule has 2 amide bonds. The number of aryl methyl sites for hydroxylation is 2. The standard InChI is InChI=1S/C27H37N3O3/c1-5-33-25(32)30-23-7-6-20-14-21(15-27(20,23)30)28-10-8-26(9-11-28)16-29(19(4)31)24-18(3)12-17(2)13-22(24)26/h12-13,20-21,23H,5-11,14-16H2,1-4H3. The van der Waals surface area contributed by atoms with Crippen molar-refractivity contribution >= 4 is 17.7 Å². The smallest absolute Gasteiger partial charge is 0.410 e. The number of carbonyl (C=O) groups excluding carboxylic acids is 2. The Kier molecular flexibility index (Phi) is 4.69. The van der Waals surface area contributed by atoms with Gasteiger partial charge >= 0.3 is 6.09 Å². The zero-order valence-corrected chi connectivity index (χ0v) is 20.5. The first kappa shape index (κ1) is 21.5. The molecular formula is C27H37N3O3. The number of hydrogen-bond donors (Lipinski definition) is 0. The van der Waals surface area contributed by atoms with Gasteiger partial charge < -0.3 is 14.5 Å².